The molecule has 2 fully saturated rings. The van der Waals surface area contributed by atoms with Gasteiger partial charge >= 0.3 is 0 Å². The molecule has 2 aromatic rings. The lowest BCUT2D eigenvalue weighted by atomic mass is 9.85. The van der Waals surface area contributed by atoms with E-state index in [9.17, 15) is 13.5 Å². The average molecular weight is 336 g/mol. The lowest BCUT2D eigenvalue weighted by Crippen LogP contribution is -2.39. The van der Waals surface area contributed by atoms with E-state index >= 15 is 0 Å². The smallest absolute Gasteiger partial charge is 0.276 e. The number of aliphatic hydroxyl groups is 1. The fourth-order valence-corrected chi connectivity index (χ4v) is 4.90. The van der Waals surface area contributed by atoms with Gasteiger partial charge in [0.15, 0.2) is 0 Å². The average Bonchev–Trinajstić information content (AvgIpc) is 2.88. The first kappa shape index (κ1) is 15.1. The molecule has 4 N–H and O–H groups in total. The molecule has 0 amide bonds. The van der Waals surface area contributed by atoms with Crippen LogP contribution in [0.15, 0.2) is 18.3 Å². The highest BCUT2D eigenvalue weighted by Gasteiger charge is 2.62. The van der Waals surface area contributed by atoms with Gasteiger partial charge < -0.3 is 5.11 Å². The van der Waals surface area contributed by atoms with E-state index in [1.807, 2.05) is 19.1 Å². The van der Waals surface area contributed by atoms with Gasteiger partial charge in [0.2, 0.25) is 0 Å². The van der Waals surface area contributed by atoms with Crippen LogP contribution < -0.4 is 9.44 Å². The maximum atomic E-state index is 11.6. The van der Waals surface area contributed by atoms with Crippen molar-refractivity contribution in [2.45, 2.75) is 31.4 Å². The Labute approximate surface area is 134 Å². The Bertz CT molecular complexity index is 864. The maximum absolute atomic E-state index is 11.6. The number of H-pyrrole nitrogens is 1. The zero-order chi connectivity index (χ0) is 16.4. The molecule has 2 aliphatic carbocycles. The predicted molar refractivity (Wildman–Crippen MR) is 85.8 cm³/mol. The summed E-state index contributed by atoms with van der Waals surface area (Å²) in [6.45, 7) is 1.99. The summed E-state index contributed by atoms with van der Waals surface area (Å²) >= 11 is 0. The molecule has 124 valence electrons. The third-order valence-electron chi connectivity index (χ3n) is 5.24. The summed E-state index contributed by atoms with van der Waals surface area (Å²) in [7, 11) is -2.04. The lowest BCUT2D eigenvalue weighted by Gasteiger charge is -2.27. The van der Waals surface area contributed by atoms with Crippen LogP contribution in [0.5, 0.6) is 0 Å². The monoisotopic (exact) mass is 336 g/mol. The molecule has 0 saturated heterocycles. The van der Waals surface area contributed by atoms with Crippen molar-refractivity contribution in [3.05, 3.63) is 29.5 Å². The molecule has 0 aliphatic heterocycles. The number of nitrogens with zero attached hydrogens (tertiary/aromatic N) is 1. The molecule has 7 nitrogen and oxygen atoms in total. The van der Waals surface area contributed by atoms with Gasteiger partial charge in [-0.1, -0.05) is 6.07 Å². The highest BCUT2D eigenvalue weighted by atomic mass is 32.2. The molecule has 2 unspecified atom stereocenters. The molecule has 1 aromatic carbocycles. The minimum Gasteiger partial charge on any atom is -0.385 e. The second-order valence-corrected chi connectivity index (χ2v) is 8.41. The van der Waals surface area contributed by atoms with Crippen LogP contribution in [0.4, 0.5) is 0 Å². The Morgan fingerprint density at radius 3 is 2.70 bits per heavy atom. The minimum atomic E-state index is -3.43. The van der Waals surface area contributed by atoms with Gasteiger partial charge in [-0.05, 0) is 48.8 Å². The van der Waals surface area contributed by atoms with E-state index in [1.54, 1.807) is 6.20 Å². The Kier molecular flexibility index (Phi) is 3.12. The first-order chi connectivity index (χ1) is 10.8. The van der Waals surface area contributed by atoms with Crippen LogP contribution in [0, 0.1) is 18.8 Å². The van der Waals surface area contributed by atoms with E-state index in [1.165, 1.54) is 7.05 Å². The van der Waals surface area contributed by atoms with Crippen molar-refractivity contribution in [2.75, 3.05) is 7.05 Å². The van der Waals surface area contributed by atoms with Crippen molar-refractivity contribution in [2.24, 2.45) is 11.8 Å². The summed E-state index contributed by atoms with van der Waals surface area (Å²) in [5.41, 5.74) is 1.97. The van der Waals surface area contributed by atoms with Crippen molar-refractivity contribution >= 4 is 21.1 Å². The largest absolute Gasteiger partial charge is 0.385 e. The Morgan fingerprint density at radius 2 is 2.04 bits per heavy atom. The van der Waals surface area contributed by atoms with E-state index in [0.29, 0.717) is 12.8 Å². The summed E-state index contributed by atoms with van der Waals surface area (Å²) in [5, 5.41) is 19.1. The molecule has 4 rings (SSSR count). The third kappa shape index (κ3) is 2.37. The topological polar surface area (TPSA) is 107 Å². The number of aromatic nitrogens is 2. The summed E-state index contributed by atoms with van der Waals surface area (Å²) in [6.07, 6.45) is 2.88. The predicted octanol–water partition coefficient (Wildman–Crippen LogP) is 0.521. The van der Waals surface area contributed by atoms with E-state index in [4.69, 9.17) is 0 Å². The van der Waals surface area contributed by atoms with Crippen LogP contribution in [-0.4, -0.2) is 36.8 Å². The fourth-order valence-electron chi connectivity index (χ4n) is 4.08. The van der Waals surface area contributed by atoms with Gasteiger partial charge in [0.25, 0.3) is 10.2 Å². The van der Waals surface area contributed by atoms with Crippen LogP contribution in [0.3, 0.4) is 0 Å². The van der Waals surface area contributed by atoms with Gasteiger partial charge in [-0.15, -0.1) is 0 Å². The summed E-state index contributed by atoms with van der Waals surface area (Å²) in [6, 6.07) is 3.95. The zero-order valence-corrected chi connectivity index (χ0v) is 13.8. The Balaban J connectivity index is 1.60. The van der Waals surface area contributed by atoms with Gasteiger partial charge in [-0.2, -0.15) is 18.2 Å². The number of nitrogens with one attached hydrogen (secondary N) is 3. The second-order valence-electron chi connectivity index (χ2n) is 6.76. The van der Waals surface area contributed by atoms with E-state index in [2.05, 4.69) is 19.6 Å². The molecule has 1 aromatic heterocycles. The normalized spacial score (nSPS) is 33.1. The number of rotatable bonds is 4. The maximum Gasteiger partial charge on any atom is 0.276 e. The van der Waals surface area contributed by atoms with Crippen molar-refractivity contribution in [1.29, 1.82) is 0 Å². The van der Waals surface area contributed by atoms with Crippen LogP contribution in [0.2, 0.25) is 0 Å². The first-order valence-corrected chi connectivity index (χ1v) is 9.19. The van der Waals surface area contributed by atoms with Crippen molar-refractivity contribution in [1.82, 2.24) is 19.6 Å². The molecule has 1 heterocycles. The van der Waals surface area contributed by atoms with Crippen molar-refractivity contribution in [3.63, 3.8) is 0 Å². The minimum absolute atomic E-state index is 0.0719. The van der Waals surface area contributed by atoms with Gasteiger partial charge in [0, 0.05) is 18.5 Å². The van der Waals surface area contributed by atoms with E-state index in [0.717, 1.165) is 22.0 Å². The molecule has 2 saturated carbocycles. The van der Waals surface area contributed by atoms with Gasteiger partial charge in [-0.3, -0.25) is 5.10 Å². The van der Waals surface area contributed by atoms with Gasteiger partial charge in [0.05, 0.1) is 17.3 Å². The van der Waals surface area contributed by atoms with E-state index < -0.39 is 15.8 Å². The Morgan fingerprint density at radius 1 is 1.35 bits per heavy atom. The zero-order valence-electron chi connectivity index (χ0n) is 13.0. The first-order valence-electron chi connectivity index (χ1n) is 7.70. The summed E-state index contributed by atoms with van der Waals surface area (Å²) in [5.74, 6) is 0.371. The molecule has 0 radical (unpaired) electrons. The molecule has 8 heteroatoms. The molecule has 23 heavy (non-hydrogen) atoms. The number of hydrogen-bond donors (Lipinski definition) is 4. The summed E-state index contributed by atoms with van der Waals surface area (Å²) in [4.78, 5) is 0. The molecule has 0 spiro atoms. The van der Waals surface area contributed by atoms with Crippen LogP contribution in [-0.2, 0) is 15.8 Å². The quantitative estimate of drug-likeness (QED) is 0.653. The van der Waals surface area contributed by atoms with Crippen molar-refractivity contribution in [3.8, 4) is 0 Å². The second kappa shape index (κ2) is 4.76. The standard InChI is InChI=1S/C15H20N4O3S/c1-8-3-12(11-7-17-18-13(11)4-8)15(20)5-9-10(6-15)14(9)19-23(21,22)16-2/h3-4,7,9-10,14,16,19-20H,5-6H2,1-2H3,(H,17,18)/t9-,10+,14?,15?. The Hall–Kier alpha value is -1.48. The van der Waals surface area contributed by atoms with E-state index in [-0.39, 0.29) is 17.9 Å². The van der Waals surface area contributed by atoms with Crippen LogP contribution in [0.25, 0.3) is 10.9 Å². The summed E-state index contributed by atoms with van der Waals surface area (Å²) < 4.78 is 28.1. The molecule has 4 atom stereocenters. The van der Waals surface area contributed by atoms with Gasteiger partial charge in [0.1, 0.15) is 0 Å². The number of hydrogen-bond acceptors (Lipinski definition) is 4. The third-order valence-corrected chi connectivity index (χ3v) is 6.36. The SMILES string of the molecule is CNS(=O)(=O)NC1[C@H]2CC(O)(c3cc(C)cc4[nH]ncc34)C[C@@H]12. The molecular weight excluding hydrogens is 316 g/mol. The number of aromatic amines is 1. The highest BCUT2D eigenvalue weighted by molar-refractivity contribution is 7.87. The molecule has 0 bridgehead atoms. The van der Waals surface area contributed by atoms with Crippen LogP contribution in [0.1, 0.15) is 24.0 Å². The van der Waals surface area contributed by atoms with Crippen molar-refractivity contribution < 1.29 is 13.5 Å². The number of benzene rings is 1. The highest BCUT2D eigenvalue weighted by Crippen LogP contribution is 2.60. The number of aryl methyl sites for hydroxylation is 1. The molecular formula is C15H20N4O3S. The fraction of sp³-hybridized carbons (Fsp3) is 0.533. The molecule has 2 aliphatic rings. The van der Waals surface area contributed by atoms with Gasteiger partial charge in [-0.25, -0.2) is 4.72 Å². The van der Waals surface area contributed by atoms with Crippen LogP contribution >= 0.6 is 0 Å². The lowest BCUT2D eigenvalue weighted by molar-refractivity contribution is 0.0303. The number of fused-ring (bicyclic) bond motifs is 2.